The first-order valence-electron chi connectivity index (χ1n) is 10.7. The van der Waals surface area contributed by atoms with E-state index >= 15 is 0 Å². The van der Waals surface area contributed by atoms with E-state index < -0.39 is 39.1 Å². The maximum Gasteiger partial charge on any atom is 1.00 e. The number of phosphoric ester groups is 1. The molecular formula is C25H46NNa2O9P. The first-order chi connectivity index (χ1) is 17.0. The summed E-state index contributed by atoms with van der Waals surface area (Å²) in [6, 6.07) is 0. The Kier molecular flexibility index (Phi) is 34.1. The number of hydrogen-bond donors (Lipinski definition) is 1. The molecule has 0 saturated heterocycles. The number of carbonyl (C=O) groups is 3. The summed E-state index contributed by atoms with van der Waals surface area (Å²) in [5.41, 5.74) is 4.47. The smallest absolute Gasteiger partial charge is 0.790 e. The van der Waals surface area contributed by atoms with Gasteiger partial charge in [0.05, 0.1) is 14.4 Å². The summed E-state index contributed by atoms with van der Waals surface area (Å²) in [6.07, 6.45) is 3.37. The fraction of sp³-hybridized carbons (Fsp3) is 0.480. The average molecular weight is 582 g/mol. The monoisotopic (exact) mass is 581 g/mol. The first-order valence-corrected chi connectivity index (χ1v) is 12.2. The molecule has 0 aliphatic carbocycles. The van der Waals surface area contributed by atoms with Crippen LogP contribution in [-0.4, -0.2) is 37.2 Å². The van der Waals surface area contributed by atoms with Crippen molar-refractivity contribution in [2.24, 2.45) is 5.73 Å². The van der Waals surface area contributed by atoms with Gasteiger partial charge >= 0.3 is 71.1 Å². The second-order valence-electron chi connectivity index (χ2n) is 6.60. The van der Waals surface area contributed by atoms with Crippen LogP contribution in [0.1, 0.15) is 72.1 Å². The minimum absolute atomic E-state index is 0. The van der Waals surface area contributed by atoms with Crippen molar-refractivity contribution in [3.8, 4) is 59.2 Å². The van der Waals surface area contributed by atoms with Gasteiger partial charge in [0.25, 0.3) is 0 Å². The van der Waals surface area contributed by atoms with Gasteiger partial charge in [0.2, 0.25) is 5.91 Å². The van der Waals surface area contributed by atoms with Crippen LogP contribution in [0.3, 0.4) is 0 Å². The Morgan fingerprint density at radius 1 is 0.895 bits per heavy atom. The maximum absolute atomic E-state index is 11.9. The van der Waals surface area contributed by atoms with Gasteiger partial charge in [-0.2, -0.15) is 0 Å². The van der Waals surface area contributed by atoms with Crippen molar-refractivity contribution in [2.45, 2.75) is 65.4 Å². The van der Waals surface area contributed by atoms with E-state index in [1.807, 2.05) is 0 Å². The van der Waals surface area contributed by atoms with Crippen LogP contribution in [0, 0.1) is 59.2 Å². The molecule has 0 aromatic heterocycles. The molecule has 38 heavy (non-hydrogen) atoms. The van der Waals surface area contributed by atoms with Crippen LogP contribution in [0.15, 0.2) is 0 Å². The molecule has 2 N–H and O–H groups in total. The zero-order valence-electron chi connectivity index (χ0n) is 22.4. The number of phosphoric acid groups is 1. The number of primary amides is 1. The molecule has 0 spiro atoms. The van der Waals surface area contributed by atoms with Crippen LogP contribution >= 0.6 is 7.82 Å². The van der Waals surface area contributed by atoms with Crippen LogP contribution < -0.4 is 74.6 Å². The molecule has 0 aromatic rings. The second-order valence-corrected chi connectivity index (χ2v) is 7.76. The van der Waals surface area contributed by atoms with Gasteiger partial charge < -0.3 is 34.1 Å². The Hall–Kier alpha value is -1.68. The van der Waals surface area contributed by atoms with Gasteiger partial charge in [-0.05, 0) is 60.7 Å². The third-order valence-electron chi connectivity index (χ3n) is 3.33. The fourth-order valence-electron chi connectivity index (χ4n) is 1.95. The Bertz CT molecular complexity index is 1110. The van der Waals surface area contributed by atoms with Crippen LogP contribution in [-0.2, 0) is 32.9 Å². The van der Waals surface area contributed by atoms with E-state index in [2.05, 4.69) is 76.4 Å². The molecule has 0 heterocycles. The van der Waals surface area contributed by atoms with E-state index in [4.69, 9.17) is 9.47 Å². The number of unbranched alkanes of at least 4 members (excludes halogenated alkanes) is 4. The van der Waals surface area contributed by atoms with Crippen molar-refractivity contribution in [3.63, 3.8) is 0 Å². The van der Waals surface area contributed by atoms with Crippen LogP contribution in [0.2, 0.25) is 0 Å². The third-order valence-corrected chi connectivity index (χ3v) is 3.79. The van der Waals surface area contributed by atoms with E-state index in [1.54, 1.807) is 6.92 Å². The topological polar surface area (TPSA) is 168 Å². The van der Waals surface area contributed by atoms with Crippen LogP contribution in [0.5, 0.6) is 0 Å². The van der Waals surface area contributed by atoms with Crippen molar-refractivity contribution in [2.75, 3.05) is 13.2 Å². The molecule has 0 bridgehead atoms. The Morgan fingerprint density at radius 2 is 1.39 bits per heavy atom. The number of rotatable bonds is 12. The molecule has 0 unspecified atom stereocenters. The molecule has 0 aromatic carbocycles. The molecule has 0 saturated carbocycles. The zero-order valence-corrected chi connectivity index (χ0v) is 27.3. The van der Waals surface area contributed by atoms with Crippen molar-refractivity contribution in [1.82, 2.24) is 0 Å². The molecule has 0 fully saturated rings. The minimum Gasteiger partial charge on any atom is -0.790 e. The zero-order chi connectivity index (χ0) is 27.7. The summed E-state index contributed by atoms with van der Waals surface area (Å²) >= 11 is 0. The summed E-state index contributed by atoms with van der Waals surface area (Å²) in [5.74, 6) is 21.7. The van der Waals surface area contributed by atoms with E-state index in [0.29, 0.717) is 6.42 Å². The van der Waals surface area contributed by atoms with E-state index in [-0.39, 0.29) is 84.3 Å². The molecular weight excluding hydrogens is 535 g/mol. The first kappa shape index (κ1) is 43.4. The number of nitrogens with two attached hydrogens (primary N) is 1. The Labute approximate surface area is 282 Å². The van der Waals surface area contributed by atoms with E-state index in [1.165, 1.54) is 6.92 Å². The van der Waals surface area contributed by atoms with E-state index in [0.717, 1.165) is 25.7 Å². The molecule has 1 atom stereocenters. The van der Waals surface area contributed by atoms with E-state index in [9.17, 15) is 28.7 Å². The Balaban J connectivity index is -0.0000000660. The van der Waals surface area contributed by atoms with Gasteiger partial charge in [0.15, 0.2) is 6.10 Å². The number of amides is 1. The van der Waals surface area contributed by atoms with Crippen molar-refractivity contribution < 1.29 is 115 Å². The number of esters is 2. The quantitative estimate of drug-likeness (QED) is 0.0611. The standard InChI is InChI=1S/C23H25O8P.C2H5NO.2Na.9H2/c1-3-5-7-9-10-11-12-14-15-17-22(24)29-19-21(20-30-32(26,27)28)31-23(25)18-16-13-8-6-4-2;1-2(3)4;;;;;;;;;;;/h21H,4,6,8,13,16,18-20H2,1-2H3,(H2,26,27,28);1H3,(H2,3,4);;;9*1H/q;;2*+1;;;;;;;;;/p-2/t21-;;;;;;;;;;;;/m1............/s1. The molecule has 0 aliphatic rings. The third kappa shape index (κ3) is 38.8. The van der Waals surface area contributed by atoms with Crippen molar-refractivity contribution >= 4 is 25.7 Å². The molecule has 1 amide bonds. The molecule has 10 nitrogen and oxygen atoms in total. The van der Waals surface area contributed by atoms with Crippen molar-refractivity contribution in [3.05, 3.63) is 0 Å². The number of hydrogen-bond acceptors (Lipinski definition) is 9. The largest absolute Gasteiger partial charge is 1.00 e. The normalized spacial score (nSPS) is 9.08. The summed E-state index contributed by atoms with van der Waals surface area (Å²) < 4.78 is 24.6. The second kappa shape index (κ2) is 29.9. The summed E-state index contributed by atoms with van der Waals surface area (Å²) in [4.78, 5) is 54.1. The molecule has 0 aliphatic heterocycles. The maximum atomic E-state index is 11.9. The molecule has 0 rings (SSSR count). The SMILES string of the molecule is CC#CC#CC#CC#CC#CC(=O)OC[C@H](COP(=O)([O-])[O-])OC(=O)CCCCCCC.CC(N)=O.[HH].[HH].[HH].[HH].[HH].[HH].[HH].[HH].[HH].[Na+].[Na+]. The average Bonchev–Trinajstić information content (AvgIpc) is 2.78. The van der Waals surface area contributed by atoms with Gasteiger partial charge in [-0.25, -0.2) is 4.79 Å². The van der Waals surface area contributed by atoms with Crippen LogP contribution in [0.4, 0.5) is 0 Å². The van der Waals surface area contributed by atoms with Gasteiger partial charge in [-0.1, -0.05) is 38.5 Å². The minimum atomic E-state index is -5.29. The van der Waals surface area contributed by atoms with Gasteiger partial charge in [-0.15, -0.1) is 0 Å². The summed E-state index contributed by atoms with van der Waals surface area (Å²) in [7, 11) is -5.29. The van der Waals surface area contributed by atoms with Crippen LogP contribution in [0.25, 0.3) is 0 Å². The van der Waals surface area contributed by atoms with Gasteiger partial charge in [0, 0.05) is 32.1 Å². The summed E-state index contributed by atoms with van der Waals surface area (Å²) in [5, 5.41) is 0. The predicted octanol–water partition coefficient (Wildman–Crippen LogP) is -3.60. The fourth-order valence-corrected chi connectivity index (χ4v) is 2.29. The number of ether oxygens (including phenoxy) is 2. The molecule has 0 radical (unpaired) electrons. The van der Waals surface area contributed by atoms with Gasteiger partial charge in [-0.3, -0.25) is 9.59 Å². The van der Waals surface area contributed by atoms with Gasteiger partial charge in [0.1, 0.15) is 6.61 Å². The Morgan fingerprint density at radius 3 is 1.89 bits per heavy atom. The summed E-state index contributed by atoms with van der Waals surface area (Å²) in [6.45, 7) is 3.69. The van der Waals surface area contributed by atoms with Crippen molar-refractivity contribution in [1.29, 1.82) is 0 Å². The molecule has 212 valence electrons. The predicted molar refractivity (Wildman–Crippen MR) is 146 cm³/mol. The number of carbonyl (C=O) groups excluding carboxylic acids is 3. The molecule has 13 heteroatoms.